The lowest BCUT2D eigenvalue weighted by Crippen LogP contribution is -2.42. The van der Waals surface area contributed by atoms with Gasteiger partial charge in [0.1, 0.15) is 0 Å². The van der Waals surface area contributed by atoms with Gasteiger partial charge in [-0.25, -0.2) is 0 Å². The number of hydrogen-bond acceptors (Lipinski definition) is 3. The van der Waals surface area contributed by atoms with Crippen LogP contribution in [0.25, 0.3) is 5.57 Å². The number of allylic oxidation sites excluding steroid dienone is 2. The molecule has 2 aliphatic rings. The highest BCUT2D eigenvalue weighted by atomic mass is 16.5. The molecule has 3 atom stereocenters. The molecule has 0 aliphatic heterocycles. The lowest BCUT2D eigenvalue weighted by atomic mass is 9.84. The minimum Gasteiger partial charge on any atom is -0.469 e. The van der Waals surface area contributed by atoms with Crippen LogP contribution in [0.15, 0.2) is 48.6 Å². The van der Waals surface area contributed by atoms with Crippen molar-refractivity contribution in [3.8, 4) is 0 Å². The van der Waals surface area contributed by atoms with E-state index >= 15 is 0 Å². The molecule has 1 aromatic carbocycles. The minimum atomic E-state index is -0.428. The lowest BCUT2D eigenvalue weighted by Gasteiger charge is -2.25. The van der Waals surface area contributed by atoms with Gasteiger partial charge in [-0.15, -0.1) is 0 Å². The molecule has 0 fully saturated rings. The Morgan fingerprint density at radius 1 is 1.21 bits per heavy atom. The van der Waals surface area contributed by atoms with Crippen molar-refractivity contribution >= 4 is 17.4 Å². The highest BCUT2D eigenvalue weighted by Crippen LogP contribution is 2.42. The van der Waals surface area contributed by atoms with Crippen LogP contribution in [0.4, 0.5) is 0 Å². The number of rotatable bonds is 4. The van der Waals surface area contributed by atoms with Crippen molar-refractivity contribution in [2.45, 2.75) is 32.2 Å². The van der Waals surface area contributed by atoms with Crippen LogP contribution in [0, 0.1) is 11.3 Å². The van der Waals surface area contributed by atoms with E-state index in [4.69, 9.17) is 4.74 Å². The van der Waals surface area contributed by atoms with Crippen molar-refractivity contribution in [2.24, 2.45) is 11.3 Å². The van der Waals surface area contributed by atoms with Crippen LogP contribution in [0.2, 0.25) is 0 Å². The highest BCUT2D eigenvalue weighted by Gasteiger charge is 2.39. The largest absolute Gasteiger partial charge is 0.469 e. The number of benzene rings is 1. The van der Waals surface area contributed by atoms with Gasteiger partial charge in [0.25, 0.3) is 0 Å². The van der Waals surface area contributed by atoms with Gasteiger partial charge in [0, 0.05) is 6.04 Å². The van der Waals surface area contributed by atoms with Gasteiger partial charge in [0.15, 0.2) is 0 Å². The van der Waals surface area contributed by atoms with Gasteiger partial charge in [-0.2, -0.15) is 0 Å². The number of hydrogen-bond donors (Lipinski definition) is 1. The Morgan fingerprint density at radius 2 is 1.96 bits per heavy atom. The molecule has 1 N–H and O–H groups in total. The van der Waals surface area contributed by atoms with E-state index < -0.39 is 5.41 Å². The molecular formula is C20H23NO3. The second kappa shape index (κ2) is 6.63. The quantitative estimate of drug-likeness (QED) is 0.683. The first-order chi connectivity index (χ1) is 11.5. The summed E-state index contributed by atoms with van der Waals surface area (Å²) in [6.07, 6.45) is 7.93. The number of esters is 1. The zero-order chi connectivity index (χ0) is 17.2. The first-order valence-corrected chi connectivity index (χ1v) is 8.33. The fourth-order valence-corrected chi connectivity index (χ4v) is 3.43. The van der Waals surface area contributed by atoms with Gasteiger partial charge in [-0.1, -0.05) is 55.5 Å². The normalized spacial score (nSPS) is 28.5. The summed E-state index contributed by atoms with van der Waals surface area (Å²) in [7, 11) is 1.39. The first-order valence-electron chi connectivity index (χ1n) is 8.33. The lowest BCUT2D eigenvalue weighted by molar-refractivity contribution is -0.144. The molecule has 3 unspecified atom stereocenters. The van der Waals surface area contributed by atoms with Gasteiger partial charge in [0.05, 0.1) is 18.4 Å². The van der Waals surface area contributed by atoms with Gasteiger partial charge >= 0.3 is 5.97 Å². The Labute approximate surface area is 142 Å². The van der Waals surface area contributed by atoms with Crippen LogP contribution >= 0.6 is 0 Å². The second-order valence-corrected chi connectivity index (χ2v) is 6.87. The second-order valence-electron chi connectivity index (χ2n) is 6.87. The average Bonchev–Trinajstić information content (AvgIpc) is 3.23. The third-order valence-electron chi connectivity index (χ3n) is 4.98. The Balaban J connectivity index is 1.59. The maximum Gasteiger partial charge on any atom is 0.312 e. The van der Waals surface area contributed by atoms with Gasteiger partial charge < -0.3 is 10.1 Å². The molecule has 0 radical (unpaired) electrons. The van der Waals surface area contributed by atoms with E-state index in [2.05, 4.69) is 23.5 Å². The van der Waals surface area contributed by atoms with Gasteiger partial charge in [-0.3, -0.25) is 9.59 Å². The number of methoxy groups -OCH3 is 1. The van der Waals surface area contributed by atoms with E-state index in [0.29, 0.717) is 6.42 Å². The molecule has 24 heavy (non-hydrogen) atoms. The third-order valence-corrected chi connectivity index (χ3v) is 4.98. The van der Waals surface area contributed by atoms with Crippen LogP contribution in [-0.2, 0) is 14.3 Å². The van der Waals surface area contributed by atoms with Crippen LogP contribution in [0.1, 0.15) is 31.7 Å². The molecule has 1 aromatic rings. The van der Waals surface area contributed by atoms with Crippen molar-refractivity contribution in [2.75, 3.05) is 7.11 Å². The van der Waals surface area contributed by atoms with E-state index in [0.717, 1.165) is 12.8 Å². The van der Waals surface area contributed by atoms with Gasteiger partial charge in [0.2, 0.25) is 5.91 Å². The summed E-state index contributed by atoms with van der Waals surface area (Å²) < 4.78 is 4.76. The molecule has 0 saturated heterocycles. The van der Waals surface area contributed by atoms with Crippen LogP contribution < -0.4 is 5.32 Å². The highest BCUT2D eigenvalue weighted by molar-refractivity contribution is 5.88. The van der Waals surface area contributed by atoms with Crippen molar-refractivity contribution < 1.29 is 14.3 Å². The Bertz CT molecular complexity index is 692. The summed E-state index contributed by atoms with van der Waals surface area (Å²) in [4.78, 5) is 24.3. The smallest absolute Gasteiger partial charge is 0.312 e. The number of carbonyl (C=O) groups excluding carboxylic acids is 2. The van der Waals surface area contributed by atoms with Crippen molar-refractivity contribution in [1.29, 1.82) is 0 Å². The maximum atomic E-state index is 12.8. The molecule has 4 nitrogen and oxygen atoms in total. The summed E-state index contributed by atoms with van der Waals surface area (Å²) in [6.45, 7) is 2.01. The molecule has 2 aliphatic carbocycles. The predicted octanol–water partition coefficient (Wildman–Crippen LogP) is 3.10. The number of carbonyl (C=O) groups is 2. The molecule has 0 aromatic heterocycles. The SMILES string of the molecule is COC(=O)C1C=CC(NC(=O)C2(C)CC=C(c3ccccc3)C2)C1. The van der Waals surface area contributed by atoms with Crippen LogP contribution in [0.3, 0.4) is 0 Å². The van der Waals surface area contributed by atoms with E-state index in [-0.39, 0.29) is 23.8 Å². The standard InChI is InChI=1S/C20H23NO3/c1-20(11-10-16(13-20)14-6-4-3-5-7-14)19(23)21-17-9-8-15(12-17)18(22)24-2/h3-10,15,17H,11-13H2,1-2H3,(H,21,23). The van der Waals surface area contributed by atoms with E-state index in [1.165, 1.54) is 18.2 Å². The van der Waals surface area contributed by atoms with E-state index in [1.54, 1.807) is 0 Å². The Morgan fingerprint density at radius 3 is 2.67 bits per heavy atom. The monoisotopic (exact) mass is 325 g/mol. The number of amides is 1. The molecule has 0 saturated carbocycles. The molecule has 1 amide bonds. The average molecular weight is 325 g/mol. The Hall–Kier alpha value is -2.36. The molecule has 126 valence electrons. The molecule has 0 heterocycles. The summed E-state index contributed by atoms with van der Waals surface area (Å²) >= 11 is 0. The van der Waals surface area contributed by atoms with Crippen molar-refractivity contribution in [3.05, 3.63) is 54.1 Å². The van der Waals surface area contributed by atoms with Crippen molar-refractivity contribution in [1.82, 2.24) is 5.32 Å². The molecule has 0 bridgehead atoms. The fourth-order valence-electron chi connectivity index (χ4n) is 3.43. The van der Waals surface area contributed by atoms with E-state index in [9.17, 15) is 9.59 Å². The molecule has 4 heteroatoms. The number of ether oxygens (including phenoxy) is 1. The van der Waals surface area contributed by atoms with E-state index in [1.807, 2.05) is 37.3 Å². The predicted molar refractivity (Wildman–Crippen MR) is 93.0 cm³/mol. The van der Waals surface area contributed by atoms with Crippen LogP contribution in [-0.4, -0.2) is 25.0 Å². The molecule has 0 spiro atoms. The molecule has 3 rings (SSSR count). The minimum absolute atomic E-state index is 0.0462. The number of nitrogens with one attached hydrogen (secondary N) is 1. The van der Waals surface area contributed by atoms with Crippen LogP contribution in [0.5, 0.6) is 0 Å². The zero-order valence-corrected chi connectivity index (χ0v) is 14.1. The summed E-state index contributed by atoms with van der Waals surface area (Å²) in [5.74, 6) is -0.456. The topological polar surface area (TPSA) is 55.4 Å². The Kier molecular flexibility index (Phi) is 4.56. The van der Waals surface area contributed by atoms with Crippen molar-refractivity contribution in [3.63, 3.8) is 0 Å². The third kappa shape index (κ3) is 3.28. The summed E-state index contributed by atoms with van der Waals surface area (Å²) in [6, 6.07) is 10.1. The summed E-state index contributed by atoms with van der Waals surface area (Å²) in [5, 5.41) is 3.08. The first kappa shape index (κ1) is 16.5. The molecular weight excluding hydrogens is 302 g/mol. The van der Waals surface area contributed by atoms with Gasteiger partial charge in [-0.05, 0) is 30.4 Å². The summed E-state index contributed by atoms with van der Waals surface area (Å²) in [5.41, 5.74) is 1.98. The fraction of sp³-hybridized carbons (Fsp3) is 0.400. The maximum absolute atomic E-state index is 12.8. The zero-order valence-electron chi connectivity index (χ0n) is 14.1.